The lowest BCUT2D eigenvalue weighted by Crippen LogP contribution is -2.50. The van der Waals surface area contributed by atoms with Gasteiger partial charge in [-0.15, -0.1) is 0 Å². The third-order valence-corrected chi connectivity index (χ3v) is 4.92. The minimum Gasteiger partial charge on any atom is -0.381 e. The van der Waals surface area contributed by atoms with Gasteiger partial charge in [-0.1, -0.05) is 0 Å². The minimum absolute atomic E-state index is 0.0670. The van der Waals surface area contributed by atoms with Gasteiger partial charge in [0.2, 0.25) is 5.91 Å². The lowest BCUT2D eigenvalue weighted by atomic mass is 10.1. The van der Waals surface area contributed by atoms with Gasteiger partial charge in [0.1, 0.15) is 0 Å². The molecule has 3 aliphatic rings. The van der Waals surface area contributed by atoms with Gasteiger partial charge in [-0.2, -0.15) is 5.10 Å². The number of hydroxylamine groups is 2. The molecule has 0 aromatic carbocycles. The maximum Gasteiger partial charge on any atom is 0.272 e. The van der Waals surface area contributed by atoms with Crippen LogP contribution in [0.25, 0.3) is 0 Å². The Bertz CT molecular complexity index is 619. The summed E-state index contributed by atoms with van der Waals surface area (Å²) < 4.78 is 7.06. The first kappa shape index (κ1) is 15.6. The zero-order chi connectivity index (χ0) is 16.5. The molecule has 0 N–H and O–H groups in total. The predicted molar refractivity (Wildman–Crippen MR) is 82.5 cm³/mol. The van der Waals surface area contributed by atoms with Crippen LogP contribution in [-0.2, 0) is 25.7 Å². The summed E-state index contributed by atoms with van der Waals surface area (Å²) in [4.78, 5) is 32.9. The number of amides is 2. The van der Waals surface area contributed by atoms with Crippen molar-refractivity contribution in [2.24, 2.45) is 5.92 Å². The van der Waals surface area contributed by atoms with Crippen molar-refractivity contribution in [2.75, 3.05) is 32.9 Å². The second kappa shape index (κ2) is 6.52. The van der Waals surface area contributed by atoms with Crippen LogP contribution in [0.2, 0.25) is 0 Å². The van der Waals surface area contributed by atoms with Gasteiger partial charge in [0, 0.05) is 19.3 Å². The second-order valence-electron chi connectivity index (χ2n) is 6.54. The molecule has 0 saturated carbocycles. The van der Waals surface area contributed by atoms with E-state index in [1.54, 1.807) is 15.8 Å². The van der Waals surface area contributed by atoms with E-state index in [0.717, 1.165) is 25.0 Å². The highest BCUT2D eigenvalue weighted by Crippen LogP contribution is 2.26. The molecule has 0 aliphatic carbocycles. The summed E-state index contributed by atoms with van der Waals surface area (Å²) in [6.07, 6.45) is 4.34. The maximum absolute atomic E-state index is 12.9. The van der Waals surface area contributed by atoms with E-state index in [4.69, 9.17) is 9.57 Å². The fourth-order valence-corrected chi connectivity index (χ4v) is 3.57. The predicted octanol–water partition coefficient (Wildman–Crippen LogP) is 0.357. The van der Waals surface area contributed by atoms with Crippen LogP contribution in [0, 0.1) is 5.92 Å². The topological polar surface area (TPSA) is 76.9 Å². The molecule has 4 rings (SSSR count). The molecule has 1 aromatic rings. The van der Waals surface area contributed by atoms with Gasteiger partial charge >= 0.3 is 0 Å². The molecular formula is C16H22N4O4. The standard InChI is InChI=1S/C16H22N4O4/c21-15(12-4-8-23-11-12)18-9-13-3-5-17-20(13)14(10-18)16(22)19-6-1-2-7-24-19/h3,5,12,14H,1-2,4,6-11H2. The van der Waals surface area contributed by atoms with Crippen LogP contribution in [-0.4, -0.2) is 64.5 Å². The first-order valence-electron chi connectivity index (χ1n) is 8.57. The molecule has 8 nitrogen and oxygen atoms in total. The van der Waals surface area contributed by atoms with Gasteiger partial charge in [0.25, 0.3) is 5.91 Å². The van der Waals surface area contributed by atoms with Crippen molar-refractivity contribution in [3.63, 3.8) is 0 Å². The highest BCUT2D eigenvalue weighted by atomic mass is 16.7. The highest BCUT2D eigenvalue weighted by molar-refractivity contribution is 5.83. The van der Waals surface area contributed by atoms with Crippen LogP contribution in [0.3, 0.4) is 0 Å². The highest BCUT2D eigenvalue weighted by Gasteiger charge is 2.38. The fraction of sp³-hybridized carbons (Fsp3) is 0.688. The second-order valence-corrected chi connectivity index (χ2v) is 6.54. The summed E-state index contributed by atoms with van der Waals surface area (Å²) in [5, 5.41) is 5.73. The Kier molecular flexibility index (Phi) is 4.24. The summed E-state index contributed by atoms with van der Waals surface area (Å²) in [6, 6.07) is 1.34. The number of rotatable bonds is 2. The summed E-state index contributed by atoms with van der Waals surface area (Å²) in [5.74, 6) is -0.154. The normalized spacial score (nSPS) is 27.2. The zero-order valence-electron chi connectivity index (χ0n) is 13.6. The molecule has 2 atom stereocenters. The largest absolute Gasteiger partial charge is 0.381 e. The van der Waals surface area contributed by atoms with Crippen molar-refractivity contribution in [3.8, 4) is 0 Å². The molecule has 2 saturated heterocycles. The molecule has 2 unspecified atom stereocenters. The van der Waals surface area contributed by atoms with Gasteiger partial charge in [0.05, 0.1) is 37.9 Å². The van der Waals surface area contributed by atoms with Crippen LogP contribution < -0.4 is 0 Å². The lowest BCUT2D eigenvalue weighted by molar-refractivity contribution is -0.201. The number of aromatic nitrogens is 2. The molecule has 0 bridgehead atoms. The molecule has 4 heterocycles. The number of fused-ring (bicyclic) bond motifs is 1. The van der Waals surface area contributed by atoms with Gasteiger partial charge in [-0.25, -0.2) is 5.06 Å². The van der Waals surface area contributed by atoms with Gasteiger partial charge in [-0.3, -0.25) is 19.1 Å². The molecule has 2 fully saturated rings. The monoisotopic (exact) mass is 334 g/mol. The van der Waals surface area contributed by atoms with Gasteiger partial charge in [-0.05, 0) is 25.3 Å². The van der Waals surface area contributed by atoms with Crippen molar-refractivity contribution in [2.45, 2.75) is 31.8 Å². The summed E-state index contributed by atoms with van der Waals surface area (Å²) in [6.45, 7) is 3.08. The van der Waals surface area contributed by atoms with Crippen LogP contribution in [0.5, 0.6) is 0 Å². The number of carbonyl (C=O) groups is 2. The Morgan fingerprint density at radius 3 is 2.88 bits per heavy atom. The Balaban J connectivity index is 1.54. The average Bonchev–Trinajstić information content (AvgIpc) is 3.31. The van der Waals surface area contributed by atoms with E-state index in [2.05, 4.69) is 5.10 Å². The first-order chi connectivity index (χ1) is 11.7. The number of ether oxygens (including phenoxy) is 1. The number of hydrogen-bond donors (Lipinski definition) is 0. The molecule has 130 valence electrons. The minimum atomic E-state index is -0.520. The summed E-state index contributed by atoms with van der Waals surface area (Å²) in [5.41, 5.74) is 0.879. The number of carbonyl (C=O) groups excluding carboxylic acids is 2. The van der Waals surface area contributed by atoms with Crippen molar-refractivity contribution < 1.29 is 19.2 Å². The van der Waals surface area contributed by atoms with Gasteiger partial charge in [0.15, 0.2) is 6.04 Å². The van der Waals surface area contributed by atoms with Crippen molar-refractivity contribution in [3.05, 3.63) is 18.0 Å². The first-order valence-corrected chi connectivity index (χ1v) is 8.57. The summed E-state index contributed by atoms with van der Waals surface area (Å²) >= 11 is 0. The number of nitrogens with zero attached hydrogens (tertiary/aromatic N) is 4. The molecule has 1 aromatic heterocycles. The van der Waals surface area contributed by atoms with E-state index in [9.17, 15) is 9.59 Å². The van der Waals surface area contributed by atoms with E-state index in [0.29, 0.717) is 39.5 Å². The summed E-state index contributed by atoms with van der Waals surface area (Å²) in [7, 11) is 0. The molecule has 24 heavy (non-hydrogen) atoms. The van der Waals surface area contributed by atoms with E-state index in [1.807, 2.05) is 6.07 Å². The third kappa shape index (κ3) is 2.80. The van der Waals surface area contributed by atoms with Crippen LogP contribution in [0.15, 0.2) is 12.3 Å². The Labute approximate surface area is 140 Å². The Morgan fingerprint density at radius 2 is 2.12 bits per heavy atom. The number of hydrogen-bond acceptors (Lipinski definition) is 5. The van der Waals surface area contributed by atoms with Crippen molar-refractivity contribution in [1.29, 1.82) is 0 Å². The van der Waals surface area contributed by atoms with E-state index >= 15 is 0 Å². The SMILES string of the molecule is O=C(C1CCOC1)N1Cc2ccnn2C(C(=O)N2CCCCO2)C1. The Hall–Kier alpha value is -1.93. The lowest BCUT2D eigenvalue weighted by Gasteiger charge is -2.37. The molecule has 0 radical (unpaired) electrons. The third-order valence-electron chi connectivity index (χ3n) is 4.92. The molecule has 0 spiro atoms. The molecule has 8 heteroatoms. The zero-order valence-corrected chi connectivity index (χ0v) is 13.6. The quantitative estimate of drug-likeness (QED) is 0.780. The van der Waals surface area contributed by atoms with E-state index in [1.165, 1.54) is 5.06 Å². The van der Waals surface area contributed by atoms with Crippen LogP contribution in [0.4, 0.5) is 0 Å². The average molecular weight is 334 g/mol. The van der Waals surface area contributed by atoms with Crippen molar-refractivity contribution >= 4 is 11.8 Å². The van der Waals surface area contributed by atoms with E-state index in [-0.39, 0.29) is 17.7 Å². The molecule has 2 amide bonds. The van der Waals surface area contributed by atoms with Gasteiger partial charge < -0.3 is 9.64 Å². The van der Waals surface area contributed by atoms with Crippen LogP contribution in [0.1, 0.15) is 31.0 Å². The fourth-order valence-electron chi connectivity index (χ4n) is 3.57. The van der Waals surface area contributed by atoms with E-state index < -0.39 is 6.04 Å². The van der Waals surface area contributed by atoms with Crippen molar-refractivity contribution in [1.82, 2.24) is 19.7 Å². The molecule has 3 aliphatic heterocycles. The Morgan fingerprint density at radius 1 is 1.21 bits per heavy atom. The molecular weight excluding hydrogens is 312 g/mol. The maximum atomic E-state index is 12.9. The van der Waals surface area contributed by atoms with Crippen LogP contribution >= 0.6 is 0 Å². The smallest absolute Gasteiger partial charge is 0.272 e.